The third-order valence-corrected chi connectivity index (χ3v) is 1.33. The van der Waals surface area contributed by atoms with Crippen LogP contribution in [0.15, 0.2) is 0 Å². The van der Waals surface area contributed by atoms with Gasteiger partial charge in [0.05, 0.1) is 5.97 Å². The average molecular weight is 159 g/mol. The third-order valence-electron chi connectivity index (χ3n) is 1.33. The Balaban J connectivity index is 3.37. The predicted molar refractivity (Wildman–Crippen MR) is 41.1 cm³/mol. The van der Waals surface area contributed by atoms with Gasteiger partial charge >= 0.3 is 0 Å². The van der Waals surface area contributed by atoms with Gasteiger partial charge in [0.1, 0.15) is 0 Å². The zero-order chi connectivity index (χ0) is 8.85. The summed E-state index contributed by atoms with van der Waals surface area (Å²) in [5.41, 5.74) is 0. The first kappa shape index (κ1) is 10.4. The fourth-order valence-corrected chi connectivity index (χ4v) is 0.670. The number of likely N-dealkylation sites (N-methyl/N-ethyl adjacent to an activating group) is 2. The lowest BCUT2D eigenvalue weighted by Crippen LogP contribution is -2.38. The van der Waals surface area contributed by atoms with Crippen LogP contribution in [0.2, 0.25) is 0 Å². The molecule has 0 rings (SSSR count). The summed E-state index contributed by atoms with van der Waals surface area (Å²) in [6.45, 7) is 1.62. The van der Waals surface area contributed by atoms with Crippen molar-refractivity contribution >= 4 is 5.97 Å². The minimum absolute atomic E-state index is 0.00778. The van der Waals surface area contributed by atoms with Crippen LogP contribution in [0, 0.1) is 0 Å². The van der Waals surface area contributed by atoms with Crippen molar-refractivity contribution in [1.29, 1.82) is 0 Å². The molecule has 11 heavy (non-hydrogen) atoms. The van der Waals surface area contributed by atoms with Crippen molar-refractivity contribution in [2.24, 2.45) is 0 Å². The summed E-state index contributed by atoms with van der Waals surface area (Å²) in [5.74, 6) is -1.02. The second kappa shape index (κ2) is 5.09. The summed E-state index contributed by atoms with van der Waals surface area (Å²) in [7, 11) is 5.67. The van der Waals surface area contributed by atoms with Crippen LogP contribution in [0.25, 0.3) is 0 Å². The number of hydrogen-bond acceptors (Lipinski definition) is 4. The monoisotopic (exact) mass is 159 g/mol. The Kier molecular flexibility index (Phi) is 4.81. The maximum atomic E-state index is 10.1. The fourth-order valence-electron chi connectivity index (χ4n) is 0.670. The van der Waals surface area contributed by atoms with Crippen LogP contribution < -0.4 is 5.11 Å². The van der Waals surface area contributed by atoms with Gasteiger partial charge in [0.25, 0.3) is 0 Å². The summed E-state index contributed by atoms with van der Waals surface area (Å²) >= 11 is 0. The molecule has 0 aliphatic rings. The van der Waals surface area contributed by atoms with Gasteiger partial charge in [-0.15, -0.1) is 0 Å². The number of rotatable bonds is 5. The SMILES string of the molecule is CN(C)CCN(C)CC(=O)[O-]. The van der Waals surface area contributed by atoms with Crippen LogP contribution in [0.3, 0.4) is 0 Å². The van der Waals surface area contributed by atoms with Gasteiger partial charge in [0, 0.05) is 19.6 Å². The normalized spacial score (nSPS) is 11.0. The Bertz CT molecular complexity index is 126. The van der Waals surface area contributed by atoms with Gasteiger partial charge in [0.15, 0.2) is 0 Å². The first-order valence-corrected chi connectivity index (χ1v) is 3.55. The van der Waals surface area contributed by atoms with E-state index in [4.69, 9.17) is 0 Å². The highest BCUT2D eigenvalue weighted by atomic mass is 16.4. The topological polar surface area (TPSA) is 46.6 Å². The van der Waals surface area contributed by atoms with Crippen LogP contribution in [-0.2, 0) is 4.79 Å². The lowest BCUT2D eigenvalue weighted by molar-refractivity contribution is -0.306. The molecule has 0 aromatic rings. The highest BCUT2D eigenvalue weighted by Gasteiger charge is 1.97. The van der Waals surface area contributed by atoms with E-state index in [0.717, 1.165) is 13.1 Å². The summed E-state index contributed by atoms with van der Waals surface area (Å²) in [6, 6.07) is 0. The molecule has 0 fully saturated rings. The Hall–Kier alpha value is -0.610. The molecule has 0 saturated heterocycles. The zero-order valence-corrected chi connectivity index (χ0v) is 7.33. The highest BCUT2D eigenvalue weighted by Crippen LogP contribution is 1.81. The van der Waals surface area contributed by atoms with Crippen molar-refractivity contribution in [1.82, 2.24) is 9.80 Å². The molecule has 0 aromatic heterocycles. The lowest BCUT2D eigenvalue weighted by atomic mass is 10.5. The van der Waals surface area contributed by atoms with Crippen LogP contribution in [0.5, 0.6) is 0 Å². The second-order valence-electron chi connectivity index (χ2n) is 2.91. The van der Waals surface area contributed by atoms with E-state index in [1.807, 2.05) is 19.0 Å². The fraction of sp³-hybridized carbons (Fsp3) is 0.857. The van der Waals surface area contributed by atoms with Gasteiger partial charge in [-0.05, 0) is 21.1 Å². The summed E-state index contributed by atoms with van der Waals surface area (Å²) in [6.07, 6.45) is 0. The van der Waals surface area contributed by atoms with E-state index in [2.05, 4.69) is 0 Å². The highest BCUT2D eigenvalue weighted by molar-refractivity contribution is 5.66. The number of carboxylic acids is 1. The number of carbonyl (C=O) groups is 1. The quantitative estimate of drug-likeness (QED) is 0.476. The van der Waals surface area contributed by atoms with Crippen molar-refractivity contribution < 1.29 is 9.90 Å². The maximum absolute atomic E-state index is 10.1. The molecule has 66 valence electrons. The molecular formula is C7H15N2O2-. The van der Waals surface area contributed by atoms with Crippen LogP contribution in [-0.4, -0.2) is 56.5 Å². The molecule has 0 aromatic carbocycles. The number of hydrogen-bond donors (Lipinski definition) is 0. The Morgan fingerprint density at radius 1 is 1.27 bits per heavy atom. The third kappa shape index (κ3) is 7.29. The molecule has 0 amide bonds. The molecule has 0 heterocycles. The molecule has 0 bridgehead atoms. The molecule has 0 atom stereocenters. The molecule has 0 aliphatic carbocycles. The van der Waals surface area contributed by atoms with Gasteiger partial charge in [-0.2, -0.15) is 0 Å². The smallest absolute Gasteiger partial charge is 0.0554 e. The molecule has 4 heteroatoms. The van der Waals surface area contributed by atoms with E-state index in [1.54, 1.807) is 11.9 Å². The minimum atomic E-state index is -1.02. The lowest BCUT2D eigenvalue weighted by Gasteiger charge is -2.19. The molecular weight excluding hydrogens is 144 g/mol. The molecule has 0 unspecified atom stereocenters. The molecule has 4 nitrogen and oxygen atoms in total. The van der Waals surface area contributed by atoms with Crippen molar-refractivity contribution in [3.8, 4) is 0 Å². The van der Waals surface area contributed by atoms with Crippen molar-refractivity contribution in [3.05, 3.63) is 0 Å². The van der Waals surface area contributed by atoms with E-state index in [1.165, 1.54) is 0 Å². The first-order valence-electron chi connectivity index (χ1n) is 3.55. The predicted octanol–water partition coefficient (Wildman–Crippen LogP) is -1.77. The maximum Gasteiger partial charge on any atom is 0.0554 e. The number of aliphatic carboxylic acids is 1. The van der Waals surface area contributed by atoms with Gasteiger partial charge in [0.2, 0.25) is 0 Å². The average Bonchev–Trinajstić information content (AvgIpc) is 1.82. The summed E-state index contributed by atoms with van der Waals surface area (Å²) in [4.78, 5) is 13.8. The van der Waals surface area contributed by atoms with Gasteiger partial charge in [-0.25, -0.2) is 0 Å². The van der Waals surface area contributed by atoms with Gasteiger partial charge < -0.3 is 14.8 Å². The van der Waals surface area contributed by atoms with E-state index in [9.17, 15) is 9.90 Å². The number of nitrogens with zero attached hydrogens (tertiary/aromatic N) is 2. The van der Waals surface area contributed by atoms with E-state index < -0.39 is 5.97 Å². The zero-order valence-electron chi connectivity index (χ0n) is 7.33. The van der Waals surface area contributed by atoms with E-state index in [-0.39, 0.29) is 6.54 Å². The Labute approximate surface area is 67.4 Å². The Morgan fingerprint density at radius 2 is 1.82 bits per heavy atom. The number of carbonyl (C=O) groups excluding carboxylic acids is 1. The second-order valence-corrected chi connectivity index (χ2v) is 2.91. The molecule has 0 radical (unpaired) electrons. The molecule has 0 N–H and O–H groups in total. The summed E-state index contributed by atoms with van der Waals surface area (Å²) in [5, 5.41) is 10.1. The van der Waals surface area contributed by atoms with E-state index >= 15 is 0 Å². The van der Waals surface area contributed by atoms with Crippen molar-refractivity contribution in [2.45, 2.75) is 0 Å². The van der Waals surface area contributed by atoms with Crippen LogP contribution in [0.4, 0.5) is 0 Å². The van der Waals surface area contributed by atoms with Gasteiger partial charge in [-0.1, -0.05) is 0 Å². The van der Waals surface area contributed by atoms with Crippen LogP contribution in [0.1, 0.15) is 0 Å². The van der Waals surface area contributed by atoms with Gasteiger partial charge in [-0.3, -0.25) is 4.90 Å². The van der Waals surface area contributed by atoms with Crippen molar-refractivity contribution in [3.63, 3.8) is 0 Å². The minimum Gasteiger partial charge on any atom is -0.549 e. The molecule has 0 aliphatic heterocycles. The largest absolute Gasteiger partial charge is 0.549 e. The van der Waals surface area contributed by atoms with E-state index in [0.29, 0.717) is 0 Å². The molecule has 0 saturated carbocycles. The number of carboxylic acid groups (broad SMARTS) is 1. The first-order chi connectivity index (χ1) is 5.02. The molecule has 0 spiro atoms. The van der Waals surface area contributed by atoms with Crippen LogP contribution >= 0.6 is 0 Å². The summed E-state index contributed by atoms with van der Waals surface area (Å²) < 4.78 is 0. The Morgan fingerprint density at radius 3 is 2.18 bits per heavy atom. The van der Waals surface area contributed by atoms with Crippen molar-refractivity contribution in [2.75, 3.05) is 40.8 Å². The standard InChI is InChI=1S/C7H16N2O2/c1-8(2)4-5-9(3)6-7(10)11/h4-6H2,1-3H3,(H,10,11)/p-1.